The lowest BCUT2D eigenvalue weighted by Crippen LogP contribution is -2.65. The Morgan fingerprint density at radius 3 is 2.27 bits per heavy atom. The molecule has 0 spiro atoms. The molecule has 0 bridgehead atoms. The number of carboxylic acid groups (broad SMARTS) is 1. The maximum Gasteiger partial charge on any atom is 0.312 e. The molecule has 0 aromatic heterocycles. The monoisotopic (exact) mass is 666 g/mol. The number of fused-ring (bicyclic) bond motifs is 7. The van der Waals surface area contributed by atoms with Gasteiger partial charge in [-0.05, 0) is 166 Å². The van der Waals surface area contributed by atoms with Crippen molar-refractivity contribution < 1.29 is 19.4 Å². The third-order valence-corrected chi connectivity index (χ3v) is 16.6. The summed E-state index contributed by atoms with van der Waals surface area (Å²) in [5, 5.41) is 24.3. The van der Waals surface area contributed by atoms with Crippen LogP contribution in [0.25, 0.3) is 0 Å². The summed E-state index contributed by atoms with van der Waals surface area (Å²) in [5.74, 6) is 2.83. The minimum atomic E-state index is -1.25. The molecule has 0 aromatic rings. The number of alkyl halides is 1. The van der Waals surface area contributed by atoms with Crippen LogP contribution in [-0.2, 0) is 4.79 Å². The van der Waals surface area contributed by atoms with Gasteiger partial charge in [0.2, 0.25) is 0 Å². The van der Waals surface area contributed by atoms with Crippen molar-refractivity contribution in [3.05, 3.63) is 35.5 Å². The van der Waals surface area contributed by atoms with Crippen LogP contribution in [0.4, 0.5) is 4.39 Å². The van der Waals surface area contributed by atoms with Crippen LogP contribution < -0.4 is 5.32 Å². The molecule has 4 saturated carbocycles. The molecule has 0 saturated heterocycles. The molecule has 3 N–H and O–H groups in total. The van der Waals surface area contributed by atoms with E-state index in [9.17, 15) is 19.4 Å². The maximum absolute atomic E-state index is 13.9. The zero-order valence-corrected chi connectivity index (χ0v) is 31.7. The van der Waals surface area contributed by atoms with E-state index in [1.807, 2.05) is 13.8 Å². The number of rotatable bonds is 7. The minimum absolute atomic E-state index is 0.000222. The molecular formula is C43H68FNO3. The van der Waals surface area contributed by atoms with Gasteiger partial charge in [0.05, 0.1) is 11.0 Å². The number of hydrogen-bond donors (Lipinski definition) is 3. The van der Waals surface area contributed by atoms with Crippen molar-refractivity contribution in [2.45, 2.75) is 151 Å². The lowest BCUT2D eigenvalue weighted by molar-refractivity contribution is -0.221. The molecule has 6 rings (SSSR count). The Morgan fingerprint density at radius 1 is 0.958 bits per heavy atom. The van der Waals surface area contributed by atoms with Gasteiger partial charge in [0.15, 0.2) is 0 Å². The summed E-state index contributed by atoms with van der Waals surface area (Å²) in [6.07, 6.45) is 18.5. The van der Waals surface area contributed by atoms with E-state index in [1.165, 1.54) is 74.5 Å². The summed E-state index contributed by atoms with van der Waals surface area (Å²) >= 11 is 0. The van der Waals surface area contributed by atoms with Gasteiger partial charge in [-0.25, -0.2) is 4.39 Å². The minimum Gasteiger partial charge on any atom is -0.481 e. The molecule has 0 radical (unpaired) electrons. The second kappa shape index (κ2) is 12.3. The van der Waals surface area contributed by atoms with Crippen molar-refractivity contribution in [3.63, 3.8) is 0 Å². The van der Waals surface area contributed by atoms with Crippen LogP contribution >= 0.6 is 0 Å². The molecule has 11 atom stereocenters. The predicted molar refractivity (Wildman–Crippen MR) is 194 cm³/mol. The fourth-order valence-electron chi connectivity index (χ4n) is 13.9. The number of hydrogen-bond acceptors (Lipinski definition) is 3. The van der Waals surface area contributed by atoms with Crippen molar-refractivity contribution in [2.24, 2.45) is 62.6 Å². The fraction of sp³-hybridized carbons (Fsp3) is 0.837. The Balaban J connectivity index is 1.30. The van der Waals surface area contributed by atoms with Crippen molar-refractivity contribution >= 4 is 5.97 Å². The molecule has 0 aromatic carbocycles. The number of allylic oxidation sites excluding steroid dienone is 5. The number of nitrogens with one attached hydrogen (secondary N) is 1. The maximum atomic E-state index is 13.9. The molecule has 270 valence electrons. The van der Waals surface area contributed by atoms with Crippen LogP contribution in [0.1, 0.15) is 139 Å². The molecule has 48 heavy (non-hydrogen) atoms. The summed E-state index contributed by atoms with van der Waals surface area (Å²) in [7, 11) is 0. The highest BCUT2D eigenvalue weighted by Crippen LogP contribution is 2.76. The Labute approximate surface area is 291 Å². The molecule has 5 heteroatoms. The average molecular weight is 666 g/mol. The van der Waals surface area contributed by atoms with Gasteiger partial charge >= 0.3 is 5.97 Å². The number of halogens is 1. The van der Waals surface area contributed by atoms with Gasteiger partial charge in [0.1, 0.15) is 6.67 Å². The summed E-state index contributed by atoms with van der Waals surface area (Å²) in [5.41, 5.74) is 2.92. The van der Waals surface area contributed by atoms with Crippen LogP contribution in [-0.4, -0.2) is 41.0 Å². The van der Waals surface area contributed by atoms with E-state index in [0.29, 0.717) is 67.4 Å². The van der Waals surface area contributed by atoms with Crippen molar-refractivity contribution in [2.75, 3.05) is 13.2 Å². The highest BCUT2D eigenvalue weighted by Gasteiger charge is 2.68. The molecule has 0 amide bonds. The predicted octanol–water partition coefficient (Wildman–Crippen LogP) is 10.1. The second-order valence-electron chi connectivity index (χ2n) is 19.8. The summed E-state index contributed by atoms with van der Waals surface area (Å²) < 4.78 is 13.9. The summed E-state index contributed by atoms with van der Waals surface area (Å²) in [4.78, 5) is 12.0. The SMILES string of the molecule is C=C(C)[C@@H]1CCCC(NCC(C)(C)O)[C@H]2CC[C@]3(C)[C@H](CC[C@@H]4[C@@]5(C)CC=C(C6=CC[C@](CF)(C(=O)O)CC6)C(C)(C)[C@@H]5CC[C@]43C)[C@H]21. The quantitative estimate of drug-likeness (QED) is 0.237. The molecule has 6 aliphatic rings. The van der Waals surface area contributed by atoms with Gasteiger partial charge in [-0.15, -0.1) is 0 Å². The fourth-order valence-corrected chi connectivity index (χ4v) is 13.9. The third kappa shape index (κ3) is 5.53. The van der Waals surface area contributed by atoms with E-state index in [1.54, 1.807) is 0 Å². The lowest BCUT2D eigenvalue weighted by atomic mass is 9.33. The molecule has 4 nitrogen and oxygen atoms in total. The average Bonchev–Trinajstić information content (AvgIpc) is 3.19. The van der Waals surface area contributed by atoms with E-state index >= 15 is 0 Å². The lowest BCUT2D eigenvalue weighted by Gasteiger charge is -2.72. The first kappa shape index (κ1) is 36.3. The van der Waals surface area contributed by atoms with Gasteiger partial charge in [0.25, 0.3) is 0 Å². The van der Waals surface area contributed by atoms with E-state index in [4.69, 9.17) is 0 Å². The largest absolute Gasteiger partial charge is 0.481 e. The molecule has 0 aliphatic heterocycles. The van der Waals surface area contributed by atoms with Crippen LogP contribution in [0.3, 0.4) is 0 Å². The Bertz CT molecular complexity index is 1340. The zero-order valence-electron chi connectivity index (χ0n) is 31.7. The number of aliphatic hydroxyl groups is 1. The standard InChI is InChI=1S/C43H68FNO3/c1-27(2)29-11-10-12-33(45-26-38(3,4)48)30-17-21-41(8)32(36(29)30)13-14-35-40(7)20-18-31(39(5,6)34(40)19-22-42(35,41)9)28-15-23-43(25-44,24-16-28)37(46)47/h15,18,29-30,32-36,45,48H,1,10-14,16-17,19-26H2,2-9H3,(H,46,47)/t29-,30+,32+,33?,34-,35+,36-,40-,41+,42+,43-/m0/s1. The molecule has 4 fully saturated rings. The van der Waals surface area contributed by atoms with E-state index < -0.39 is 23.7 Å². The van der Waals surface area contributed by atoms with E-state index in [-0.39, 0.29) is 21.7 Å². The highest BCUT2D eigenvalue weighted by molar-refractivity contribution is 5.75. The van der Waals surface area contributed by atoms with Gasteiger partial charge in [-0.3, -0.25) is 4.79 Å². The second-order valence-corrected chi connectivity index (χ2v) is 19.8. The molecular weight excluding hydrogens is 597 g/mol. The summed E-state index contributed by atoms with van der Waals surface area (Å²) in [6, 6.07) is 0.469. The number of carboxylic acids is 1. The van der Waals surface area contributed by atoms with Gasteiger partial charge in [-0.2, -0.15) is 0 Å². The van der Waals surface area contributed by atoms with Gasteiger partial charge < -0.3 is 15.5 Å². The third-order valence-electron chi connectivity index (χ3n) is 16.6. The van der Waals surface area contributed by atoms with Gasteiger partial charge in [0, 0.05) is 12.6 Å². The normalized spacial score (nSPS) is 45.7. The number of carbonyl (C=O) groups is 1. The first-order valence-electron chi connectivity index (χ1n) is 19.7. The Kier molecular flexibility index (Phi) is 9.35. The zero-order chi connectivity index (χ0) is 35.1. The van der Waals surface area contributed by atoms with Crippen LogP contribution in [0.5, 0.6) is 0 Å². The topological polar surface area (TPSA) is 69.6 Å². The van der Waals surface area contributed by atoms with Crippen LogP contribution in [0.15, 0.2) is 35.5 Å². The van der Waals surface area contributed by atoms with Crippen LogP contribution in [0.2, 0.25) is 0 Å². The highest BCUT2D eigenvalue weighted by atomic mass is 19.1. The van der Waals surface area contributed by atoms with Gasteiger partial charge in [-0.1, -0.05) is 65.3 Å². The van der Waals surface area contributed by atoms with Crippen molar-refractivity contribution in [1.29, 1.82) is 0 Å². The smallest absolute Gasteiger partial charge is 0.312 e. The summed E-state index contributed by atoms with van der Waals surface area (Å²) in [6.45, 7) is 23.6. The van der Waals surface area contributed by atoms with Crippen LogP contribution in [0, 0.1) is 62.6 Å². The first-order chi connectivity index (χ1) is 22.3. The number of aliphatic carboxylic acids is 1. The Morgan fingerprint density at radius 2 is 1.67 bits per heavy atom. The molecule has 1 unspecified atom stereocenters. The van der Waals surface area contributed by atoms with E-state index in [2.05, 4.69) is 65.6 Å². The first-order valence-corrected chi connectivity index (χ1v) is 19.7. The Hall–Kier alpha value is -1.46. The van der Waals surface area contributed by atoms with Crippen molar-refractivity contribution in [1.82, 2.24) is 5.32 Å². The van der Waals surface area contributed by atoms with E-state index in [0.717, 1.165) is 6.42 Å². The molecule has 6 aliphatic carbocycles. The molecule has 0 heterocycles. The van der Waals surface area contributed by atoms with Crippen molar-refractivity contribution in [3.8, 4) is 0 Å².